The molecule has 0 fully saturated rings. The van der Waals surface area contributed by atoms with Crippen molar-refractivity contribution in [3.63, 3.8) is 0 Å². The summed E-state index contributed by atoms with van der Waals surface area (Å²) >= 11 is 0. The number of nitrogens with zero attached hydrogens (tertiary/aromatic N) is 3. The number of hydrogen-bond donors (Lipinski definition) is 5. The highest BCUT2D eigenvalue weighted by atomic mass is 16.7. The van der Waals surface area contributed by atoms with Crippen LogP contribution >= 0.6 is 0 Å². The van der Waals surface area contributed by atoms with Gasteiger partial charge in [-0.05, 0) is 31.5 Å². The van der Waals surface area contributed by atoms with Gasteiger partial charge in [0.2, 0.25) is 5.82 Å². The average Bonchev–Trinajstić information content (AvgIpc) is 2.92. The van der Waals surface area contributed by atoms with Gasteiger partial charge in [-0.25, -0.2) is 9.97 Å². The van der Waals surface area contributed by atoms with E-state index >= 15 is 0 Å². The third-order valence-electron chi connectivity index (χ3n) is 3.93. The number of benzene rings is 1. The van der Waals surface area contributed by atoms with Gasteiger partial charge in [0.05, 0.1) is 0 Å². The van der Waals surface area contributed by atoms with E-state index in [1.54, 1.807) is 6.92 Å². The first-order chi connectivity index (χ1) is 11.2. The van der Waals surface area contributed by atoms with Gasteiger partial charge in [0.15, 0.2) is 0 Å². The van der Waals surface area contributed by atoms with Crippen LogP contribution in [0.4, 0.5) is 11.5 Å². The fourth-order valence-electron chi connectivity index (χ4n) is 2.78. The SMILES string of the molecule is CNc1ccc(-c2nc(C(O)(O)O)n3c(C)cnc(N)c23)c(C)c1. The first-order valence-corrected chi connectivity index (χ1v) is 7.34. The van der Waals surface area contributed by atoms with Gasteiger partial charge in [-0.1, -0.05) is 6.07 Å². The maximum Gasteiger partial charge on any atom is 0.339 e. The van der Waals surface area contributed by atoms with Crippen molar-refractivity contribution >= 4 is 17.0 Å². The Bertz CT molecular complexity index is 928. The molecule has 0 aliphatic carbocycles. The molecule has 6 N–H and O–H groups in total. The summed E-state index contributed by atoms with van der Waals surface area (Å²) in [6.07, 6.45) is 1.47. The number of aromatic nitrogens is 3. The maximum absolute atomic E-state index is 9.67. The first kappa shape index (κ1) is 16.2. The minimum atomic E-state index is -3.10. The molecule has 1 aromatic carbocycles. The van der Waals surface area contributed by atoms with Crippen LogP contribution in [0.2, 0.25) is 0 Å². The molecule has 8 nitrogen and oxygen atoms in total. The summed E-state index contributed by atoms with van der Waals surface area (Å²) in [5.74, 6) is -3.26. The average molecular weight is 329 g/mol. The van der Waals surface area contributed by atoms with Crippen molar-refractivity contribution in [2.45, 2.75) is 19.8 Å². The number of fused-ring (bicyclic) bond motifs is 1. The fourth-order valence-corrected chi connectivity index (χ4v) is 2.78. The summed E-state index contributed by atoms with van der Waals surface area (Å²) < 4.78 is 1.39. The van der Waals surface area contributed by atoms with Crippen LogP contribution in [0.3, 0.4) is 0 Å². The second-order valence-electron chi connectivity index (χ2n) is 5.67. The molecule has 0 saturated heterocycles. The first-order valence-electron chi connectivity index (χ1n) is 7.34. The van der Waals surface area contributed by atoms with Crippen LogP contribution in [0.1, 0.15) is 17.1 Å². The summed E-state index contributed by atoms with van der Waals surface area (Å²) in [5, 5.41) is 32.1. The Morgan fingerprint density at radius 1 is 1.21 bits per heavy atom. The van der Waals surface area contributed by atoms with E-state index in [0.717, 1.165) is 16.8 Å². The molecule has 2 heterocycles. The largest absolute Gasteiger partial charge is 0.388 e. The van der Waals surface area contributed by atoms with Crippen LogP contribution in [-0.4, -0.2) is 36.7 Å². The molecule has 0 saturated carbocycles. The number of anilines is 2. The van der Waals surface area contributed by atoms with Crippen LogP contribution < -0.4 is 11.1 Å². The van der Waals surface area contributed by atoms with E-state index < -0.39 is 5.97 Å². The van der Waals surface area contributed by atoms with Crippen LogP contribution in [0, 0.1) is 13.8 Å². The highest BCUT2D eigenvalue weighted by Gasteiger charge is 2.32. The van der Waals surface area contributed by atoms with Gasteiger partial charge < -0.3 is 26.4 Å². The molecule has 0 radical (unpaired) electrons. The summed E-state index contributed by atoms with van der Waals surface area (Å²) in [7, 11) is 1.82. The molecule has 3 rings (SSSR count). The predicted molar refractivity (Wildman–Crippen MR) is 90.2 cm³/mol. The standard InChI is InChI=1S/C16H19N5O3/c1-8-6-10(18-3)4-5-11(8)12-13-14(17)19-7-9(2)21(13)15(20-12)16(22,23)24/h4-7,18,22-24H,1-3H3,(H2,17,19). The molecule has 0 unspecified atom stereocenters. The smallest absolute Gasteiger partial charge is 0.339 e. The Balaban J connectivity index is 2.40. The number of imidazole rings is 1. The zero-order valence-electron chi connectivity index (χ0n) is 13.6. The van der Waals surface area contributed by atoms with Crippen molar-refractivity contribution in [2.24, 2.45) is 0 Å². The normalized spacial score (nSPS) is 11.9. The number of nitrogens with two attached hydrogens (primary N) is 1. The van der Waals surface area contributed by atoms with Crippen molar-refractivity contribution in [3.05, 3.63) is 41.5 Å². The van der Waals surface area contributed by atoms with Gasteiger partial charge in [-0.15, -0.1) is 0 Å². The van der Waals surface area contributed by atoms with Gasteiger partial charge >= 0.3 is 5.97 Å². The highest BCUT2D eigenvalue weighted by Crippen LogP contribution is 2.34. The van der Waals surface area contributed by atoms with Crippen molar-refractivity contribution in [1.82, 2.24) is 14.4 Å². The molecule has 24 heavy (non-hydrogen) atoms. The Morgan fingerprint density at radius 2 is 1.92 bits per heavy atom. The van der Waals surface area contributed by atoms with Crippen LogP contribution in [0.5, 0.6) is 0 Å². The summed E-state index contributed by atoms with van der Waals surface area (Å²) in [5.41, 5.74) is 9.97. The van der Waals surface area contributed by atoms with Crippen molar-refractivity contribution in [3.8, 4) is 11.3 Å². The minimum absolute atomic E-state index is 0.177. The molecule has 2 aromatic heterocycles. The lowest BCUT2D eigenvalue weighted by atomic mass is 10.0. The number of nitrogen functional groups attached to an aromatic ring is 1. The molecular formula is C16H19N5O3. The number of aliphatic hydroxyl groups is 3. The molecule has 0 bridgehead atoms. The highest BCUT2D eigenvalue weighted by molar-refractivity contribution is 5.87. The van der Waals surface area contributed by atoms with Gasteiger partial charge in [0.25, 0.3) is 0 Å². The molecule has 0 atom stereocenters. The molecular weight excluding hydrogens is 310 g/mol. The van der Waals surface area contributed by atoms with Crippen LogP contribution in [0.15, 0.2) is 24.4 Å². The second-order valence-corrected chi connectivity index (χ2v) is 5.67. The van der Waals surface area contributed by atoms with Crippen molar-refractivity contribution < 1.29 is 15.3 Å². The molecule has 0 aliphatic heterocycles. The number of nitrogens with one attached hydrogen (secondary N) is 1. The van der Waals surface area contributed by atoms with Crippen molar-refractivity contribution in [2.75, 3.05) is 18.1 Å². The molecule has 8 heteroatoms. The Labute approximate surface area is 138 Å². The molecule has 0 spiro atoms. The van der Waals surface area contributed by atoms with Gasteiger partial charge in [0, 0.05) is 30.2 Å². The second kappa shape index (κ2) is 5.45. The predicted octanol–water partition coefficient (Wildman–Crippen LogP) is 0.724. The minimum Gasteiger partial charge on any atom is -0.388 e. The molecule has 3 aromatic rings. The van der Waals surface area contributed by atoms with Crippen molar-refractivity contribution in [1.29, 1.82) is 0 Å². The molecule has 0 aliphatic rings. The van der Waals surface area contributed by atoms with E-state index in [0.29, 0.717) is 16.9 Å². The Morgan fingerprint density at radius 3 is 2.50 bits per heavy atom. The third-order valence-corrected chi connectivity index (χ3v) is 3.93. The lowest BCUT2D eigenvalue weighted by Crippen LogP contribution is -2.27. The lowest BCUT2D eigenvalue weighted by Gasteiger charge is -2.13. The van der Waals surface area contributed by atoms with Gasteiger partial charge in [0.1, 0.15) is 17.0 Å². The van der Waals surface area contributed by atoms with Crippen LogP contribution in [-0.2, 0) is 5.97 Å². The Hall–Kier alpha value is -2.68. The van der Waals surface area contributed by atoms with Crippen LogP contribution in [0.25, 0.3) is 16.8 Å². The quantitative estimate of drug-likeness (QED) is 0.448. The zero-order chi connectivity index (χ0) is 17.6. The summed E-state index contributed by atoms with van der Waals surface area (Å²) in [6, 6.07) is 5.66. The van der Waals surface area contributed by atoms with E-state index in [1.165, 1.54) is 10.6 Å². The fraction of sp³-hybridized carbons (Fsp3) is 0.250. The number of aryl methyl sites for hydroxylation is 2. The number of rotatable bonds is 3. The van der Waals surface area contributed by atoms with Gasteiger partial charge in [-0.2, -0.15) is 0 Å². The van der Waals surface area contributed by atoms with E-state index in [4.69, 9.17) is 5.73 Å². The lowest BCUT2D eigenvalue weighted by molar-refractivity contribution is -0.329. The number of hydrogen-bond acceptors (Lipinski definition) is 7. The monoisotopic (exact) mass is 329 g/mol. The summed E-state index contributed by atoms with van der Waals surface area (Å²) in [6.45, 7) is 3.61. The van der Waals surface area contributed by atoms with Gasteiger partial charge in [-0.3, -0.25) is 4.40 Å². The van der Waals surface area contributed by atoms with E-state index in [2.05, 4.69) is 15.3 Å². The van der Waals surface area contributed by atoms with E-state index in [1.807, 2.05) is 32.2 Å². The molecule has 126 valence electrons. The third kappa shape index (κ3) is 2.46. The zero-order valence-corrected chi connectivity index (χ0v) is 13.6. The summed E-state index contributed by atoms with van der Waals surface area (Å²) in [4.78, 5) is 8.35. The van der Waals surface area contributed by atoms with E-state index in [-0.39, 0.29) is 11.6 Å². The topological polar surface area (TPSA) is 129 Å². The van der Waals surface area contributed by atoms with E-state index in [9.17, 15) is 15.3 Å². The Kier molecular flexibility index (Phi) is 3.67. The molecule has 0 amide bonds. The maximum atomic E-state index is 9.67.